The number of aromatic carboxylic acids is 1. The monoisotopic (exact) mass is 285 g/mol. The Kier molecular flexibility index (Phi) is 3.01. The molecule has 1 N–H and O–H groups in total. The molecule has 1 unspecified atom stereocenters. The van der Waals surface area contributed by atoms with E-state index in [1.165, 1.54) is 6.07 Å². The number of aryl methyl sites for hydroxylation is 2. The largest absolute Gasteiger partial charge is 0.478 e. The number of rotatable bonds is 3. The van der Waals surface area contributed by atoms with Gasteiger partial charge in [0.05, 0.1) is 17.1 Å². The molecular weight excluding hydrogens is 270 g/mol. The third kappa shape index (κ3) is 2.08. The maximum atomic E-state index is 11.2. The lowest BCUT2D eigenvalue weighted by atomic mass is 10.1. The molecule has 0 aliphatic carbocycles. The lowest BCUT2D eigenvalue weighted by Gasteiger charge is -2.11. The van der Waals surface area contributed by atoms with E-state index in [4.69, 9.17) is 4.42 Å². The molecule has 1 atom stereocenters. The zero-order valence-electron chi connectivity index (χ0n) is 12.0. The topological polar surface area (TPSA) is 81.2 Å². The van der Waals surface area contributed by atoms with E-state index in [0.29, 0.717) is 11.0 Å². The Balaban J connectivity index is 2.15. The number of hydrogen-bond donors (Lipinski definition) is 1. The molecule has 0 saturated heterocycles. The third-order valence-corrected chi connectivity index (χ3v) is 3.63. The summed E-state index contributed by atoms with van der Waals surface area (Å²) in [6.07, 6.45) is 0. The van der Waals surface area contributed by atoms with Gasteiger partial charge in [-0.2, -0.15) is 0 Å². The van der Waals surface area contributed by atoms with E-state index in [2.05, 4.69) is 10.3 Å². The van der Waals surface area contributed by atoms with Gasteiger partial charge in [-0.1, -0.05) is 11.3 Å². The van der Waals surface area contributed by atoms with E-state index in [1.54, 1.807) is 10.7 Å². The molecule has 6 nitrogen and oxygen atoms in total. The van der Waals surface area contributed by atoms with Crippen LogP contribution in [0.1, 0.15) is 40.4 Å². The highest BCUT2D eigenvalue weighted by molar-refractivity contribution is 6.00. The summed E-state index contributed by atoms with van der Waals surface area (Å²) in [5.74, 6) is 0.665. The van der Waals surface area contributed by atoms with Gasteiger partial charge in [0.1, 0.15) is 17.0 Å². The van der Waals surface area contributed by atoms with Crippen LogP contribution in [0, 0.1) is 13.8 Å². The predicted octanol–water partition coefficient (Wildman–Crippen LogP) is 2.95. The summed E-state index contributed by atoms with van der Waals surface area (Å²) in [5, 5.41) is 17.4. The number of aromatic nitrogens is 3. The lowest BCUT2D eigenvalue weighted by molar-refractivity contribution is 0.0699. The van der Waals surface area contributed by atoms with Crippen molar-refractivity contribution in [2.75, 3.05) is 0 Å². The van der Waals surface area contributed by atoms with E-state index >= 15 is 0 Å². The van der Waals surface area contributed by atoms with E-state index in [0.717, 1.165) is 17.1 Å². The summed E-state index contributed by atoms with van der Waals surface area (Å²) in [6, 6.07) is 6.93. The summed E-state index contributed by atoms with van der Waals surface area (Å²) < 4.78 is 7.27. The fourth-order valence-electron chi connectivity index (χ4n) is 2.62. The third-order valence-electron chi connectivity index (χ3n) is 3.63. The molecule has 21 heavy (non-hydrogen) atoms. The minimum atomic E-state index is -1.00. The molecule has 0 amide bonds. The Morgan fingerprint density at radius 3 is 2.76 bits per heavy atom. The molecule has 0 aliphatic rings. The molecule has 0 radical (unpaired) electrons. The number of carbonyl (C=O) groups is 1. The zero-order valence-corrected chi connectivity index (χ0v) is 12.0. The fraction of sp³-hybridized carbons (Fsp3) is 0.267. The van der Waals surface area contributed by atoms with E-state index in [-0.39, 0.29) is 11.6 Å². The van der Waals surface area contributed by atoms with Gasteiger partial charge in [-0.25, -0.2) is 9.48 Å². The molecule has 0 bridgehead atoms. The molecule has 3 aromatic rings. The van der Waals surface area contributed by atoms with Crippen molar-refractivity contribution < 1.29 is 14.3 Å². The number of nitrogens with zero attached hydrogens (tertiary/aromatic N) is 3. The molecule has 1 aromatic carbocycles. The predicted molar refractivity (Wildman–Crippen MR) is 76.5 cm³/mol. The Morgan fingerprint density at radius 2 is 2.14 bits per heavy atom. The molecular formula is C15H15N3O3. The number of benzene rings is 1. The standard InChI is InChI=1S/C15H15N3O3/c1-8-7-12(10(3)21-8)9(2)18-13-6-4-5-11(15(19)20)14(13)16-17-18/h4-7,9H,1-3H3,(H,19,20). The van der Waals surface area contributed by atoms with Crippen LogP contribution in [0.5, 0.6) is 0 Å². The van der Waals surface area contributed by atoms with Gasteiger partial charge in [0.2, 0.25) is 0 Å². The van der Waals surface area contributed by atoms with Crippen molar-refractivity contribution in [3.63, 3.8) is 0 Å². The summed E-state index contributed by atoms with van der Waals surface area (Å²) in [6.45, 7) is 5.78. The number of hydrogen-bond acceptors (Lipinski definition) is 4. The van der Waals surface area contributed by atoms with Gasteiger partial charge in [-0.15, -0.1) is 5.10 Å². The first kappa shape index (κ1) is 13.4. The SMILES string of the molecule is Cc1cc(C(C)n2nnc3c(C(=O)O)cccc32)c(C)o1. The normalized spacial score (nSPS) is 12.7. The van der Waals surface area contributed by atoms with Crippen LogP contribution < -0.4 is 0 Å². The van der Waals surface area contributed by atoms with E-state index in [9.17, 15) is 9.90 Å². The highest BCUT2D eigenvalue weighted by Gasteiger charge is 2.20. The molecule has 0 fully saturated rings. The second-order valence-corrected chi connectivity index (χ2v) is 5.06. The van der Waals surface area contributed by atoms with Crippen LogP contribution >= 0.6 is 0 Å². The summed E-state index contributed by atoms with van der Waals surface area (Å²) >= 11 is 0. The highest BCUT2D eigenvalue weighted by Crippen LogP contribution is 2.27. The number of carboxylic acids is 1. The Morgan fingerprint density at radius 1 is 1.38 bits per heavy atom. The van der Waals surface area contributed by atoms with Crippen LogP contribution in [0.2, 0.25) is 0 Å². The fourth-order valence-corrected chi connectivity index (χ4v) is 2.62. The lowest BCUT2D eigenvalue weighted by Crippen LogP contribution is -2.09. The molecule has 108 valence electrons. The minimum absolute atomic E-state index is 0.0866. The van der Waals surface area contributed by atoms with Gasteiger partial charge < -0.3 is 9.52 Å². The van der Waals surface area contributed by atoms with Gasteiger partial charge in [-0.3, -0.25) is 0 Å². The smallest absolute Gasteiger partial charge is 0.338 e. The van der Waals surface area contributed by atoms with Crippen LogP contribution in [0.25, 0.3) is 11.0 Å². The molecule has 6 heteroatoms. The Hall–Kier alpha value is -2.63. The van der Waals surface area contributed by atoms with Gasteiger partial charge in [0, 0.05) is 5.56 Å². The van der Waals surface area contributed by atoms with Crippen molar-refractivity contribution in [1.29, 1.82) is 0 Å². The average Bonchev–Trinajstić information content (AvgIpc) is 3.00. The summed E-state index contributed by atoms with van der Waals surface area (Å²) in [5.41, 5.74) is 2.27. The second-order valence-electron chi connectivity index (χ2n) is 5.06. The molecule has 2 heterocycles. The quantitative estimate of drug-likeness (QED) is 0.800. The van der Waals surface area contributed by atoms with Gasteiger partial charge in [0.25, 0.3) is 0 Å². The maximum absolute atomic E-state index is 11.2. The Labute approximate surface area is 121 Å². The zero-order chi connectivity index (χ0) is 15.1. The molecule has 0 saturated carbocycles. The second kappa shape index (κ2) is 4.73. The van der Waals surface area contributed by atoms with Crippen LogP contribution in [-0.4, -0.2) is 26.1 Å². The first-order chi connectivity index (χ1) is 9.99. The van der Waals surface area contributed by atoms with Crippen molar-refractivity contribution in [3.8, 4) is 0 Å². The highest BCUT2D eigenvalue weighted by atomic mass is 16.4. The van der Waals surface area contributed by atoms with Gasteiger partial charge in [0.15, 0.2) is 0 Å². The average molecular weight is 285 g/mol. The van der Waals surface area contributed by atoms with Crippen LogP contribution in [0.3, 0.4) is 0 Å². The van der Waals surface area contributed by atoms with Crippen molar-refractivity contribution in [2.24, 2.45) is 0 Å². The van der Waals surface area contributed by atoms with Crippen LogP contribution in [0.4, 0.5) is 0 Å². The van der Waals surface area contributed by atoms with Crippen LogP contribution in [-0.2, 0) is 0 Å². The van der Waals surface area contributed by atoms with Crippen LogP contribution in [0.15, 0.2) is 28.7 Å². The van der Waals surface area contributed by atoms with Crippen molar-refractivity contribution in [1.82, 2.24) is 15.0 Å². The molecule has 2 aromatic heterocycles. The Bertz CT molecular complexity index is 832. The molecule has 3 rings (SSSR count). The molecule has 0 aliphatic heterocycles. The number of carboxylic acid groups (broad SMARTS) is 1. The number of furan rings is 1. The first-order valence-corrected chi connectivity index (χ1v) is 6.63. The first-order valence-electron chi connectivity index (χ1n) is 6.63. The van der Waals surface area contributed by atoms with Crippen molar-refractivity contribution in [2.45, 2.75) is 26.8 Å². The van der Waals surface area contributed by atoms with Crippen molar-refractivity contribution in [3.05, 3.63) is 46.9 Å². The maximum Gasteiger partial charge on any atom is 0.338 e. The summed E-state index contributed by atoms with van der Waals surface area (Å²) in [4.78, 5) is 11.2. The minimum Gasteiger partial charge on any atom is -0.478 e. The van der Waals surface area contributed by atoms with Crippen molar-refractivity contribution >= 4 is 17.0 Å². The van der Waals surface area contributed by atoms with E-state index in [1.807, 2.05) is 32.9 Å². The van der Waals surface area contributed by atoms with Gasteiger partial charge in [-0.05, 0) is 39.0 Å². The van der Waals surface area contributed by atoms with E-state index < -0.39 is 5.97 Å². The molecule has 0 spiro atoms. The summed E-state index contributed by atoms with van der Waals surface area (Å²) in [7, 11) is 0. The number of fused-ring (bicyclic) bond motifs is 1. The van der Waals surface area contributed by atoms with Gasteiger partial charge >= 0.3 is 5.97 Å².